The monoisotopic (exact) mass is 341 g/mol. The number of nitrogens with zero attached hydrogens (tertiary/aromatic N) is 5. The van der Waals surface area contributed by atoms with Crippen LogP contribution in [0.5, 0.6) is 0 Å². The van der Waals surface area contributed by atoms with Crippen molar-refractivity contribution in [2.24, 2.45) is 0 Å². The lowest BCUT2D eigenvalue weighted by Gasteiger charge is -2.38. The molecule has 0 atom stereocenters. The minimum atomic E-state index is -0.315. The molecule has 2 aromatic heterocycles. The summed E-state index contributed by atoms with van der Waals surface area (Å²) in [7, 11) is 2.05. The number of rotatable bonds is 5. The first kappa shape index (κ1) is 17.1. The molecule has 0 saturated carbocycles. The second-order valence-electron chi connectivity index (χ2n) is 6.01. The number of hydrogen-bond donors (Lipinski definition) is 0. The molecule has 0 spiro atoms. The Morgan fingerprint density at radius 1 is 1.28 bits per heavy atom. The van der Waals surface area contributed by atoms with Gasteiger partial charge in [0.25, 0.3) is 0 Å². The third kappa shape index (κ3) is 3.87. The van der Waals surface area contributed by atoms with Gasteiger partial charge < -0.3 is 14.5 Å². The molecule has 25 heavy (non-hydrogen) atoms. The zero-order chi connectivity index (χ0) is 17.6. The van der Waals surface area contributed by atoms with Gasteiger partial charge in [-0.15, -0.1) is 5.10 Å². The van der Waals surface area contributed by atoms with Crippen molar-refractivity contribution in [2.75, 3.05) is 36.5 Å². The summed E-state index contributed by atoms with van der Waals surface area (Å²) >= 11 is 0. The molecular formula is C18H23N5O2. The van der Waals surface area contributed by atoms with Gasteiger partial charge in [-0.3, -0.25) is 0 Å². The van der Waals surface area contributed by atoms with E-state index in [4.69, 9.17) is 4.74 Å². The summed E-state index contributed by atoms with van der Waals surface area (Å²) in [5, 5.41) is 8.13. The highest BCUT2D eigenvalue weighted by Crippen LogP contribution is 2.25. The van der Waals surface area contributed by atoms with E-state index < -0.39 is 0 Å². The highest BCUT2D eigenvalue weighted by molar-refractivity contribution is 5.94. The minimum Gasteiger partial charge on any atom is -0.462 e. The van der Waals surface area contributed by atoms with Gasteiger partial charge in [0, 0.05) is 38.6 Å². The van der Waals surface area contributed by atoms with Crippen molar-refractivity contribution >= 4 is 17.6 Å². The number of esters is 1. The molecule has 0 aromatic carbocycles. The zero-order valence-electron chi connectivity index (χ0n) is 14.6. The Balaban J connectivity index is 1.68. The number of hydrogen-bond acceptors (Lipinski definition) is 7. The van der Waals surface area contributed by atoms with Crippen LogP contribution in [-0.2, 0) is 4.74 Å². The maximum absolute atomic E-state index is 12.2. The summed E-state index contributed by atoms with van der Waals surface area (Å²) in [6, 6.07) is 7.80. The minimum absolute atomic E-state index is 0.315. The van der Waals surface area contributed by atoms with E-state index in [1.807, 2.05) is 19.1 Å². The number of ether oxygens (including phenoxy) is 1. The molecule has 0 unspecified atom stereocenters. The van der Waals surface area contributed by atoms with Crippen LogP contribution in [0.4, 0.5) is 11.6 Å². The van der Waals surface area contributed by atoms with Gasteiger partial charge in [0.1, 0.15) is 11.4 Å². The van der Waals surface area contributed by atoms with Crippen molar-refractivity contribution in [3.05, 3.63) is 42.2 Å². The normalized spacial score (nSPS) is 15.0. The maximum Gasteiger partial charge on any atom is 0.341 e. The fourth-order valence-corrected chi connectivity index (χ4v) is 3.15. The number of carbonyl (C=O) groups is 1. The number of anilines is 2. The van der Waals surface area contributed by atoms with E-state index in [0.717, 1.165) is 31.7 Å². The second kappa shape index (κ2) is 7.92. The number of carbonyl (C=O) groups excluding carboxylic acids is 1. The molecule has 0 radical (unpaired) electrons. The predicted octanol–water partition coefficient (Wildman–Crippen LogP) is 2.15. The summed E-state index contributed by atoms with van der Waals surface area (Å²) in [6.45, 7) is 3.83. The number of aromatic nitrogens is 3. The topological polar surface area (TPSA) is 71.5 Å². The van der Waals surface area contributed by atoms with Gasteiger partial charge in [-0.25, -0.2) is 9.78 Å². The van der Waals surface area contributed by atoms with Crippen LogP contribution in [0.1, 0.15) is 30.1 Å². The molecule has 0 bridgehead atoms. The Labute approximate surface area is 147 Å². The predicted molar refractivity (Wildman–Crippen MR) is 95.9 cm³/mol. The number of pyridine rings is 1. The van der Waals surface area contributed by atoms with Gasteiger partial charge in [-0.1, -0.05) is 0 Å². The smallest absolute Gasteiger partial charge is 0.341 e. The van der Waals surface area contributed by atoms with E-state index in [-0.39, 0.29) is 5.97 Å². The first-order chi connectivity index (χ1) is 12.2. The Bertz CT molecular complexity index is 702. The van der Waals surface area contributed by atoms with Gasteiger partial charge in [-0.05, 0) is 44.0 Å². The van der Waals surface area contributed by atoms with Crippen LogP contribution in [0.15, 0.2) is 36.7 Å². The van der Waals surface area contributed by atoms with Crippen molar-refractivity contribution in [1.29, 1.82) is 0 Å². The van der Waals surface area contributed by atoms with Crippen molar-refractivity contribution in [2.45, 2.75) is 25.8 Å². The van der Waals surface area contributed by atoms with Crippen molar-refractivity contribution in [3.63, 3.8) is 0 Å². The molecule has 1 fully saturated rings. The summed E-state index contributed by atoms with van der Waals surface area (Å²) in [4.78, 5) is 20.9. The van der Waals surface area contributed by atoms with Gasteiger partial charge in [0.15, 0.2) is 5.82 Å². The van der Waals surface area contributed by atoms with Crippen LogP contribution in [0.2, 0.25) is 0 Å². The van der Waals surface area contributed by atoms with E-state index in [0.29, 0.717) is 24.0 Å². The van der Waals surface area contributed by atoms with Crippen molar-refractivity contribution < 1.29 is 9.53 Å². The lowest BCUT2D eigenvalue weighted by Crippen LogP contribution is -2.44. The maximum atomic E-state index is 12.2. The molecule has 7 heteroatoms. The quantitative estimate of drug-likeness (QED) is 0.772. The second-order valence-corrected chi connectivity index (χ2v) is 6.01. The standard InChI is InChI=1S/C18H23N5O2/c1-3-25-18(24)15-6-4-10-19-17(15)23-12-8-14(9-13-23)22(2)16-7-5-11-20-21-16/h4-7,10-11,14H,3,8-9,12-13H2,1-2H3. The summed E-state index contributed by atoms with van der Waals surface area (Å²) in [5.41, 5.74) is 0.532. The van der Waals surface area contributed by atoms with E-state index in [9.17, 15) is 4.79 Å². The van der Waals surface area contributed by atoms with E-state index in [1.54, 1.807) is 24.5 Å². The van der Waals surface area contributed by atoms with Crippen LogP contribution in [-0.4, -0.2) is 53.9 Å². The first-order valence-electron chi connectivity index (χ1n) is 8.58. The third-order valence-corrected chi connectivity index (χ3v) is 4.51. The fourth-order valence-electron chi connectivity index (χ4n) is 3.15. The largest absolute Gasteiger partial charge is 0.462 e. The van der Waals surface area contributed by atoms with Crippen LogP contribution >= 0.6 is 0 Å². The lowest BCUT2D eigenvalue weighted by atomic mass is 10.0. The molecular weight excluding hydrogens is 318 g/mol. The Morgan fingerprint density at radius 2 is 2.04 bits per heavy atom. The summed E-state index contributed by atoms with van der Waals surface area (Å²) in [6.07, 6.45) is 5.32. The van der Waals surface area contributed by atoms with E-state index >= 15 is 0 Å². The van der Waals surface area contributed by atoms with E-state index in [1.165, 1.54) is 0 Å². The highest BCUT2D eigenvalue weighted by Gasteiger charge is 2.26. The Morgan fingerprint density at radius 3 is 2.72 bits per heavy atom. The van der Waals surface area contributed by atoms with Gasteiger partial charge in [0.2, 0.25) is 0 Å². The van der Waals surface area contributed by atoms with Crippen LogP contribution < -0.4 is 9.80 Å². The lowest BCUT2D eigenvalue weighted by molar-refractivity contribution is 0.0526. The van der Waals surface area contributed by atoms with Crippen LogP contribution in [0.25, 0.3) is 0 Å². The Kier molecular flexibility index (Phi) is 5.42. The summed E-state index contributed by atoms with van der Waals surface area (Å²) in [5.74, 6) is 1.27. The molecule has 1 saturated heterocycles. The number of piperidine rings is 1. The molecule has 0 aliphatic carbocycles. The van der Waals surface area contributed by atoms with Crippen LogP contribution in [0.3, 0.4) is 0 Å². The molecule has 0 N–H and O–H groups in total. The third-order valence-electron chi connectivity index (χ3n) is 4.51. The van der Waals surface area contributed by atoms with Gasteiger partial charge >= 0.3 is 5.97 Å². The van der Waals surface area contributed by atoms with Crippen LogP contribution in [0, 0.1) is 0 Å². The molecule has 2 aromatic rings. The zero-order valence-corrected chi connectivity index (χ0v) is 14.6. The van der Waals surface area contributed by atoms with Crippen molar-refractivity contribution in [1.82, 2.24) is 15.2 Å². The van der Waals surface area contributed by atoms with Gasteiger partial charge in [-0.2, -0.15) is 5.10 Å². The molecule has 1 aliphatic rings. The van der Waals surface area contributed by atoms with Gasteiger partial charge in [0.05, 0.1) is 6.61 Å². The molecule has 132 valence electrons. The SMILES string of the molecule is CCOC(=O)c1cccnc1N1CCC(N(C)c2cccnn2)CC1. The molecule has 3 rings (SSSR count). The molecule has 3 heterocycles. The first-order valence-corrected chi connectivity index (χ1v) is 8.58. The summed E-state index contributed by atoms with van der Waals surface area (Å²) < 4.78 is 5.15. The average Bonchev–Trinajstić information content (AvgIpc) is 2.68. The average molecular weight is 341 g/mol. The molecule has 7 nitrogen and oxygen atoms in total. The fraction of sp³-hybridized carbons (Fsp3) is 0.444. The molecule has 1 aliphatic heterocycles. The van der Waals surface area contributed by atoms with Crippen molar-refractivity contribution in [3.8, 4) is 0 Å². The van der Waals surface area contributed by atoms with E-state index in [2.05, 4.69) is 32.0 Å². The Hall–Kier alpha value is -2.70. The molecule has 0 amide bonds. The highest BCUT2D eigenvalue weighted by atomic mass is 16.5.